The largest absolute Gasteiger partial charge is 0.481 e. The standard InChI is InChI=1S/C17H24N4O3.C13H21NO4.C4H5N3/c1-16(2,3)24-15(23)21-8-4-17(5-9-21)10-12(17)14(22)20-13-11-18-6-7-19-13;1-12(2,3)18-11(17)14-6-4-13(5-7-14)8-9(13)10(15)16;5-4-3-6-1-2-7-4/h6-7,11-12H,4-5,8-10H2,1-3H3,(H,19,20,22);9H,4-8H2,1-3H3,(H,15,16);1-3H,(H2,5,7). The number of aliphatic carboxylic acids is 1. The van der Waals surface area contributed by atoms with E-state index in [0.717, 1.165) is 38.5 Å². The van der Waals surface area contributed by atoms with E-state index in [0.29, 0.717) is 37.8 Å². The van der Waals surface area contributed by atoms with E-state index in [1.807, 2.05) is 41.5 Å². The van der Waals surface area contributed by atoms with Crippen LogP contribution in [0.25, 0.3) is 0 Å². The number of nitrogens with one attached hydrogen (secondary N) is 1. The Balaban J connectivity index is 0.000000189. The lowest BCUT2D eigenvalue weighted by Gasteiger charge is -2.34. The Hall–Kier alpha value is -4.56. The lowest BCUT2D eigenvalue weighted by molar-refractivity contribution is -0.139. The number of nitrogen functional groups attached to an aromatic ring is 1. The normalized spacial score (nSPS) is 21.6. The minimum atomic E-state index is -0.694. The van der Waals surface area contributed by atoms with Gasteiger partial charge in [-0.05, 0) is 90.9 Å². The number of hydrogen-bond acceptors (Lipinski definition) is 11. The highest BCUT2D eigenvalue weighted by molar-refractivity contribution is 5.94. The van der Waals surface area contributed by atoms with E-state index in [2.05, 4.69) is 25.3 Å². The van der Waals surface area contributed by atoms with Gasteiger partial charge in [-0.2, -0.15) is 0 Å². The Bertz CT molecular complexity index is 1450. The fraction of sp³-hybridized carbons (Fsp3) is 0.647. The number of rotatable bonds is 3. The lowest BCUT2D eigenvalue weighted by atomic mass is 9.91. The van der Waals surface area contributed by atoms with Gasteiger partial charge in [-0.1, -0.05) is 0 Å². The van der Waals surface area contributed by atoms with Crippen molar-refractivity contribution in [3.63, 3.8) is 0 Å². The van der Waals surface area contributed by atoms with Gasteiger partial charge in [0.15, 0.2) is 5.82 Å². The predicted octanol–water partition coefficient (Wildman–Crippen LogP) is 4.62. The van der Waals surface area contributed by atoms with Crippen LogP contribution in [-0.2, 0) is 19.1 Å². The second-order valence-corrected chi connectivity index (χ2v) is 15.2. The molecule has 4 heterocycles. The molecular formula is C34H50N8O7. The Kier molecular flexibility index (Phi) is 11.3. The van der Waals surface area contributed by atoms with E-state index in [4.69, 9.17) is 20.3 Å². The van der Waals surface area contributed by atoms with Crippen LogP contribution in [0.15, 0.2) is 37.2 Å². The summed E-state index contributed by atoms with van der Waals surface area (Å²) in [5.41, 5.74) is 4.22. The Morgan fingerprint density at radius 1 is 0.755 bits per heavy atom. The molecule has 15 nitrogen and oxygen atoms in total. The van der Waals surface area contributed by atoms with Crippen molar-refractivity contribution in [2.24, 2.45) is 22.7 Å². The zero-order valence-electron chi connectivity index (χ0n) is 29.3. The lowest BCUT2D eigenvalue weighted by Crippen LogP contribution is -2.43. The number of ether oxygens (including phenoxy) is 2. The number of nitrogens with zero attached hydrogens (tertiary/aromatic N) is 6. The van der Waals surface area contributed by atoms with Crippen LogP contribution in [0.2, 0.25) is 0 Å². The van der Waals surface area contributed by atoms with Crippen molar-refractivity contribution >= 4 is 35.7 Å². The molecule has 15 heteroatoms. The van der Waals surface area contributed by atoms with Crippen LogP contribution in [0.5, 0.6) is 0 Å². The average molecular weight is 683 g/mol. The molecule has 3 amide bonds. The number of nitrogens with two attached hydrogens (primary N) is 1. The van der Waals surface area contributed by atoms with Crippen molar-refractivity contribution in [2.45, 2.75) is 91.3 Å². The van der Waals surface area contributed by atoms with Crippen LogP contribution in [0.1, 0.15) is 80.1 Å². The number of anilines is 2. The van der Waals surface area contributed by atoms with Gasteiger partial charge >= 0.3 is 18.2 Å². The fourth-order valence-corrected chi connectivity index (χ4v) is 6.33. The molecule has 6 rings (SSSR count). The van der Waals surface area contributed by atoms with Gasteiger partial charge in [0.25, 0.3) is 0 Å². The molecular weight excluding hydrogens is 632 g/mol. The minimum absolute atomic E-state index is 0.000271. The van der Waals surface area contributed by atoms with Crippen molar-refractivity contribution < 1.29 is 33.8 Å². The third-order valence-corrected chi connectivity index (χ3v) is 9.21. The molecule has 0 aromatic carbocycles. The van der Waals surface area contributed by atoms with E-state index < -0.39 is 17.2 Å². The van der Waals surface area contributed by atoms with Crippen LogP contribution in [-0.4, -0.2) is 96.3 Å². The number of carboxylic acids is 1. The molecule has 2 unspecified atom stereocenters. The van der Waals surface area contributed by atoms with Gasteiger partial charge in [0.1, 0.15) is 17.0 Å². The molecule has 49 heavy (non-hydrogen) atoms. The zero-order chi connectivity index (χ0) is 36.0. The molecule has 2 spiro atoms. The maximum absolute atomic E-state index is 12.4. The first-order valence-electron chi connectivity index (χ1n) is 16.7. The van der Waals surface area contributed by atoms with Crippen LogP contribution < -0.4 is 11.1 Å². The Morgan fingerprint density at radius 2 is 1.20 bits per heavy atom. The molecule has 2 aliphatic carbocycles. The summed E-state index contributed by atoms with van der Waals surface area (Å²) in [4.78, 5) is 66.1. The summed E-state index contributed by atoms with van der Waals surface area (Å²) in [7, 11) is 0. The fourth-order valence-electron chi connectivity index (χ4n) is 6.33. The number of aromatic nitrogens is 4. The van der Waals surface area contributed by atoms with Gasteiger partial charge < -0.3 is 35.4 Å². The van der Waals surface area contributed by atoms with Gasteiger partial charge in [-0.15, -0.1) is 0 Å². The monoisotopic (exact) mass is 682 g/mol. The summed E-state index contributed by atoms with van der Waals surface area (Å²) in [5.74, 6) is 0.0544. The van der Waals surface area contributed by atoms with Gasteiger partial charge in [0, 0.05) is 56.9 Å². The SMILES string of the molecule is CC(C)(C)OC(=O)N1CCC2(CC1)CC2C(=O)Nc1cnccn1.CC(C)(C)OC(=O)N1CCC2(CC1)CC2C(=O)O.Nc1cnccn1. The number of carboxylic acid groups (broad SMARTS) is 1. The topological polar surface area (TPSA) is 203 Å². The third-order valence-electron chi connectivity index (χ3n) is 9.21. The van der Waals surface area contributed by atoms with E-state index in [-0.39, 0.29) is 40.8 Å². The number of hydrogen-bond donors (Lipinski definition) is 3. The van der Waals surface area contributed by atoms with Gasteiger partial charge in [-0.25, -0.2) is 19.6 Å². The first-order valence-corrected chi connectivity index (χ1v) is 16.7. The summed E-state index contributed by atoms with van der Waals surface area (Å²) >= 11 is 0. The van der Waals surface area contributed by atoms with E-state index >= 15 is 0 Å². The maximum Gasteiger partial charge on any atom is 0.410 e. The molecule has 2 aromatic rings. The first kappa shape index (κ1) is 37.3. The van der Waals surface area contributed by atoms with E-state index in [9.17, 15) is 19.2 Å². The second kappa shape index (κ2) is 14.9. The Labute approximate surface area is 287 Å². The molecule has 2 saturated heterocycles. The molecule has 4 aliphatic rings. The van der Waals surface area contributed by atoms with Crippen LogP contribution in [0.3, 0.4) is 0 Å². The second-order valence-electron chi connectivity index (χ2n) is 15.2. The predicted molar refractivity (Wildman–Crippen MR) is 180 cm³/mol. The number of likely N-dealkylation sites (tertiary alicyclic amines) is 2. The zero-order valence-corrected chi connectivity index (χ0v) is 29.3. The van der Waals surface area contributed by atoms with Gasteiger partial charge in [0.05, 0.1) is 18.3 Å². The Morgan fingerprint density at radius 3 is 1.55 bits per heavy atom. The van der Waals surface area contributed by atoms with Gasteiger partial charge in [-0.3, -0.25) is 19.6 Å². The summed E-state index contributed by atoms with van der Waals surface area (Å²) < 4.78 is 10.7. The highest BCUT2D eigenvalue weighted by Crippen LogP contribution is 2.60. The van der Waals surface area contributed by atoms with E-state index in [1.165, 1.54) is 12.4 Å². The average Bonchev–Trinajstić information content (AvgIpc) is 3.93. The quantitative estimate of drug-likeness (QED) is 0.406. The molecule has 2 atom stereocenters. The van der Waals surface area contributed by atoms with Crippen LogP contribution >= 0.6 is 0 Å². The molecule has 268 valence electrons. The van der Waals surface area contributed by atoms with E-state index in [1.54, 1.807) is 34.6 Å². The number of carbonyl (C=O) groups is 4. The summed E-state index contributed by atoms with van der Waals surface area (Å²) in [5, 5.41) is 11.8. The van der Waals surface area contributed by atoms with Crippen molar-refractivity contribution in [1.82, 2.24) is 29.7 Å². The van der Waals surface area contributed by atoms with Crippen molar-refractivity contribution in [3.05, 3.63) is 37.2 Å². The highest BCUT2D eigenvalue weighted by atomic mass is 16.6. The molecule has 4 N–H and O–H groups in total. The first-order chi connectivity index (χ1) is 22.9. The minimum Gasteiger partial charge on any atom is -0.481 e. The molecule has 2 aromatic heterocycles. The summed E-state index contributed by atoms with van der Waals surface area (Å²) in [6, 6.07) is 0. The summed E-state index contributed by atoms with van der Waals surface area (Å²) in [6.07, 6.45) is 13.6. The number of piperidine rings is 2. The highest BCUT2D eigenvalue weighted by Gasteiger charge is 2.60. The van der Waals surface area contributed by atoms with Crippen molar-refractivity contribution in [1.29, 1.82) is 0 Å². The maximum atomic E-state index is 12.4. The third kappa shape index (κ3) is 10.7. The molecule has 2 aliphatic heterocycles. The molecule has 0 bridgehead atoms. The molecule has 0 radical (unpaired) electrons. The molecule has 4 fully saturated rings. The number of amides is 3. The molecule has 2 saturated carbocycles. The number of carbonyl (C=O) groups excluding carboxylic acids is 3. The smallest absolute Gasteiger partial charge is 0.410 e. The van der Waals surface area contributed by atoms with Gasteiger partial charge in [0.2, 0.25) is 5.91 Å². The van der Waals surface area contributed by atoms with Crippen LogP contribution in [0, 0.1) is 22.7 Å². The van der Waals surface area contributed by atoms with Crippen LogP contribution in [0.4, 0.5) is 21.2 Å². The van der Waals surface area contributed by atoms with Crippen molar-refractivity contribution in [3.8, 4) is 0 Å². The summed E-state index contributed by atoms with van der Waals surface area (Å²) in [6.45, 7) is 13.6. The van der Waals surface area contributed by atoms with Crippen molar-refractivity contribution in [2.75, 3.05) is 37.2 Å².